The van der Waals surface area contributed by atoms with Crippen LogP contribution in [0.3, 0.4) is 0 Å². The van der Waals surface area contributed by atoms with Gasteiger partial charge in [0.05, 0.1) is 12.7 Å². The molecule has 74 valence electrons. The van der Waals surface area contributed by atoms with E-state index in [0.717, 1.165) is 16.6 Å². The monoisotopic (exact) mass is 216 g/mol. The van der Waals surface area contributed by atoms with Gasteiger partial charge in [-0.15, -0.1) is 21.5 Å². The van der Waals surface area contributed by atoms with Crippen molar-refractivity contribution in [3.63, 3.8) is 0 Å². The quantitative estimate of drug-likeness (QED) is 0.627. The van der Waals surface area contributed by atoms with Crippen LogP contribution in [0.1, 0.15) is 0 Å². The lowest BCUT2D eigenvalue weighted by atomic mass is 10.1. The molecule has 0 saturated carbocycles. The smallest absolute Gasteiger partial charge is 0.243 e. The fraction of sp³-hybridized carbons (Fsp3) is 0.0909. The molecule has 2 aliphatic heterocycles. The van der Waals surface area contributed by atoms with Gasteiger partial charge >= 0.3 is 0 Å². The Hall–Kier alpha value is -1.68. The molecule has 0 N–H and O–H groups in total. The zero-order chi connectivity index (χ0) is 10.3. The van der Waals surface area contributed by atoms with E-state index in [-0.39, 0.29) is 0 Å². The van der Waals surface area contributed by atoms with Crippen LogP contribution in [0.15, 0.2) is 29.6 Å². The van der Waals surface area contributed by atoms with Gasteiger partial charge in [-0.1, -0.05) is 18.2 Å². The topological polar surface area (TPSA) is 35.0 Å². The van der Waals surface area contributed by atoms with Gasteiger partial charge in [0.1, 0.15) is 5.69 Å². The molecule has 0 radical (unpaired) electrons. The zero-order valence-electron chi connectivity index (χ0n) is 8.10. The maximum atomic E-state index is 5.15. The van der Waals surface area contributed by atoms with E-state index in [4.69, 9.17) is 4.74 Å². The van der Waals surface area contributed by atoms with Gasteiger partial charge in [-0.3, -0.25) is 0 Å². The van der Waals surface area contributed by atoms with E-state index in [0.29, 0.717) is 5.88 Å². The van der Waals surface area contributed by atoms with Crippen LogP contribution in [-0.2, 0) is 0 Å². The summed E-state index contributed by atoms with van der Waals surface area (Å²) in [4.78, 5) is 0. The van der Waals surface area contributed by atoms with Gasteiger partial charge < -0.3 is 4.74 Å². The van der Waals surface area contributed by atoms with Gasteiger partial charge in [-0.05, 0) is 6.07 Å². The van der Waals surface area contributed by atoms with Crippen LogP contribution in [-0.4, -0.2) is 17.3 Å². The number of rotatable bonds is 1. The largest absolute Gasteiger partial charge is 0.479 e. The second kappa shape index (κ2) is 3.17. The van der Waals surface area contributed by atoms with Crippen molar-refractivity contribution in [1.82, 2.24) is 10.2 Å². The van der Waals surface area contributed by atoms with Crippen LogP contribution in [0.2, 0.25) is 0 Å². The van der Waals surface area contributed by atoms with Crippen molar-refractivity contribution in [3.05, 3.63) is 29.6 Å². The molecule has 0 saturated heterocycles. The van der Waals surface area contributed by atoms with E-state index in [9.17, 15) is 0 Å². The number of hydrogen-bond donors (Lipinski definition) is 0. The molecule has 2 aliphatic rings. The van der Waals surface area contributed by atoms with Gasteiger partial charge in [-0.25, -0.2) is 0 Å². The van der Waals surface area contributed by atoms with Crippen molar-refractivity contribution in [2.75, 3.05) is 7.11 Å². The summed E-state index contributed by atoms with van der Waals surface area (Å²) >= 11 is 1.68. The predicted molar refractivity (Wildman–Crippen MR) is 60.6 cm³/mol. The Bertz CT molecular complexity index is 590. The molecule has 0 atom stereocenters. The second-order valence-corrected chi connectivity index (χ2v) is 4.11. The fourth-order valence-corrected chi connectivity index (χ4v) is 2.55. The Kier molecular flexibility index (Phi) is 1.82. The minimum Gasteiger partial charge on any atom is -0.479 e. The minimum atomic E-state index is 0.604. The van der Waals surface area contributed by atoms with Gasteiger partial charge in [0.2, 0.25) is 5.88 Å². The number of fused-ring (bicyclic) bond motifs is 3. The number of methoxy groups -OCH3 is 1. The van der Waals surface area contributed by atoms with E-state index in [2.05, 4.69) is 22.3 Å². The van der Waals surface area contributed by atoms with Crippen LogP contribution < -0.4 is 4.74 Å². The summed E-state index contributed by atoms with van der Waals surface area (Å²) in [5.41, 5.74) is 1.91. The lowest BCUT2D eigenvalue weighted by Crippen LogP contribution is -1.83. The zero-order valence-corrected chi connectivity index (χ0v) is 8.91. The summed E-state index contributed by atoms with van der Waals surface area (Å²) in [6.45, 7) is 0. The second-order valence-electron chi connectivity index (χ2n) is 3.20. The molecule has 3 rings (SSSR count). The predicted octanol–water partition coefficient (Wildman–Crippen LogP) is 2.80. The average Bonchev–Trinajstić information content (AvgIpc) is 2.72. The first-order chi connectivity index (χ1) is 7.40. The van der Waals surface area contributed by atoms with E-state index in [1.165, 1.54) is 4.70 Å². The average molecular weight is 216 g/mol. The molecule has 4 heteroatoms. The number of nitrogens with zero attached hydrogens (tertiary/aromatic N) is 2. The first-order valence-corrected chi connectivity index (χ1v) is 5.45. The molecule has 0 aliphatic carbocycles. The van der Waals surface area contributed by atoms with Gasteiger partial charge in [0.15, 0.2) is 0 Å². The van der Waals surface area contributed by atoms with Crippen LogP contribution >= 0.6 is 11.3 Å². The lowest BCUT2D eigenvalue weighted by molar-refractivity contribution is 0.399. The van der Waals surface area contributed by atoms with Crippen LogP contribution in [0.5, 0.6) is 5.88 Å². The molecule has 0 amide bonds. The SMILES string of the molecule is COc1nnc2c3ccccc3scc1-2. The Morgan fingerprint density at radius 3 is 2.93 bits per heavy atom. The van der Waals surface area contributed by atoms with E-state index in [1.807, 2.05) is 17.5 Å². The Morgan fingerprint density at radius 2 is 2.07 bits per heavy atom. The van der Waals surface area contributed by atoms with Crippen LogP contribution in [0, 0.1) is 0 Å². The van der Waals surface area contributed by atoms with Gasteiger partial charge in [0.25, 0.3) is 0 Å². The number of ether oxygens (including phenoxy) is 1. The number of hydrogen-bond acceptors (Lipinski definition) is 4. The molecule has 0 fully saturated rings. The first-order valence-electron chi connectivity index (χ1n) is 4.57. The third-order valence-electron chi connectivity index (χ3n) is 2.37. The van der Waals surface area contributed by atoms with E-state index >= 15 is 0 Å². The van der Waals surface area contributed by atoms with Crippen molar-refractivity contribution in [1.29, 1.82) is 0 Å². The molecule has 0 aromatic heterocycles. The summed E-state index contributed by atoms with van der Waals surface area (Å²) in [6, 6.07) is 8.18. The highest BCUT2D eigenvalue weighted by atomic mass is 32.1. The summed E-state index contributed by atoms with van der Waals surface area (Å²) in [6.07, 6.45) is 0. The van der Waals surface area contributed by atoms with Crippen molar-refractivity contribution < 1.29 is 4.74 Å². The molecular weight excluding hydrogens is 208 g/mol. The maximum absolute atomic E-state index is 5.15. The van der Waals surface area contributed by atoms with Crippen molar-refractivity contribution in [3.8, 4) is 17.1 Å². The van der Waals surface area contributed by atoms with Crippen molar-refractivity contribution in [2.24, 2.45) is 0 Å². The third-order valence-corrected chi connectivity index (χ3v) is 3.33. The van der Waals surface area contributed by atoms with E-state index in [1.54, 1.807) is 18.4 Å². The summed E-state index contributed by atoms with van der Waals surface area (Å²) in [5, 5.41) is 11.3. The van der Waals surface area contributed by atoms with Crippen LogP contribution in [0.4, 0.5) is 0 Å². The van der Waals surface area contributed by atoms with Crippen molar-refractivity contribution >= 4 is 21.4 Å². The van der Waals surface area contributed by atoms with Crippen LogP contribution in [0.25, 0.3) is 21.3 Å². The van der Waals surface area contributed by atoms with E-state index < -0.39 is 0 Å². The number of aromatic nitrogens is 2. The summed E-state index contributed by atoms with van der Waals surface area (Å²) < 4.78 is 6.36. The summed E-state index contributed by atoms with van der Waals surface area (Å²) in [5.74, 6) is 0.604. The Morgan fingerprint density at radius 1 is 1.20 bits per heavy atom. The number of benzene rings is 1. The summed E-state index contributed by atoms with van der Waals surface area (Å²) in [7, 11) is 1.61. The standard InChI is InChI=1S/C11H8N2OS/c1-14-11-8-6-15-9-5-3-2-4-7(9)10(8)12-13-11/h2-6H,1H3. The molecule has 0 spiro atoms. The lowest BCUT2D eigenvalue weighted by Gasteiger charge is -2.02. The fourth-order valence-electron chi connectivity index (χ4n) is 1.65. The molecule has 1 aromatic carbocycles. The Labute approximate surface area is 90.7 Å². The highest BCUT2D eigenvalue weighted by Crippen LogP contribution is 2.37. The first kappa shape index (κ1) is 8.61. The maximum Gasteiger partial charge on any atom is 0.243 e. The molecule has 0 bridgehead atoms. The highest BCUT2D eigenvalue weighted by Gasteiger charge is 2.16. The molecule has 0 unspecified atom stereocenters. The molecule has 3 nitrogen and oxygen atoms in total. The molecule has 1 aromatic rings. The van der Waals surface area contributed by atoms with Gasteiger partial charge in [-0.2, -0.15) is 0 Å². The molecular formula is C11H8N2OS. The van der Waals surface area contributed by atoms with Gasteiger partial charge in [0, 0.05) is 15.5 Å². The highest BCUT2D eigenvalue weighted by molar-refractivity contribution is 7.17. The van der Waals surface area contributed by atoms with Crippen molar-refractivity contribution in [2.45, 2.75) is 0 Å². The molecule has 2 heterocycles. The Balaban J connectivity index is 2.42. The third kappa shape index (κ3) is 1.18. The normalized spacial score (nSPS) is 11.0. The minimum absolute atomic E-state index is 0.604. The molecule has 15 heavy (non-hydrogen) atoms.